The van der Waals surface area contributed by atoms with Gasteiger partial charge in [0.25, 0.3) is 0 Å². The van der Waals surface area contributed by atoms with Crippen molar-refractivity contribution in [3.8, 4) is 11.4 Å². The Labute approximate surface area is 249 Å². The second-order valence-corrected chi connectivity index (χ2v) is 11.3. The Balaban J connectivity index is 1.26. The van der Waals surface area contributed by atoms with E-state index in [1.165, 1.54) is 23.9 Å². The maximum Gasteiger partial charge on any atom is 0.573 e. The molecule has 2 heterocycles. The van der Waals surface area contributed by atoms with Crippen molar-refractivity contribution in [1.29, 1.82) is 0 Å². The zero-order valence-electron chi connectivity index (χ0n) is 23.2. The maximum atomic E-state index is 12.9. The van der Waals surface area contributed by atoms with E-state index in [1.807, 2.05) is 59.2 Å². The number of hydrogen-bond acceptors (Lipinski definition) is 6. The molecule has 1 fully saturated rings. The van der Waals surface area contributed by atoms with Gasteiger partial charge in [-0.05, 0) is 64.9 Å². The summed E-state index contributed by atoms with van der Waals surface area (Å²) < 4.78 is 43.3. The van der Waals surface area contributed by atoms with Crippen LogP contribution in [0.25, 0.3) is 27.5 Å². The number of para-hydroxylation sites is 1. The fraction of sp³-hybridized carbons (Fsp3) is 0.188. The van der Waals surface area contributed by atoms with Gasteiger partial charge in [0.2, 0.25) is 5.91 Å². The third-order valence-electron chi connectivity index (χ3n) is 7.04. The molecule has 0 N–H and O–H groups in total. The molecule has 1 aromatic heterocycles. The lowest BCUT2D eigenvalue weighted by atomic mass is 10.0. The van der Waals surface area contributed by atoms with E-state index in [-0.39, 0.29) is 17.6 Å². The molecule has 0 bridgehead atoms. The van der Waals surface area contributed by atoms with Crippen molar-refractivity contribution in [2.75, 3.05) is 10.7 Å². The Morgan fingerprint density at radius 2 is 1.81 bits per heavy atom. The first-order chi connectivity index (χ1) is 20.7. The number of thioether (sulfide) groups is 1. The van der Waals surface area contributed by atoms with Crippen molar-refractivity contribution in [2.45, 2.75) is 32.5 Å². The number of benzene rings is 4. The molecule has 11 heteroatoms. The van der Waals surface area contributed by atoms with Crippen molar-refractivity contribution >= 4 is 56.5 Å². The van der Waals surface area contributed by atoms with Gasteiger partial charge < -0.3 is 4.74 Å². The zero-order chi connectivity index (χ0) is 30.1. The van der Waals surface area contributed by atoms with Crippen LogP contribution in [0.3, 0.4) is 0 Å². The molecular weight excluding hydrogens is 575 g/mol. The average Bonchev–Trinajstić information content (AvgIpc) is 3.41. The van der Waals surface area contributed by atoms with Gasteiger partial charge in [-0.1, -0.05) is 62.0 Å². The van der Waals surface area contributed by atoms with Gasteiger partial charge in [0.05, 0.1) is 22.9 Å². The Morgan fingerprint density at radius 3 is 2.58 bits per heavy atom. The highest BCUT2D eigenvalue weighted by molar-refractivity contribution is 8.14. The average molecular weight is 602 g/mol. The number of amidine groups is 1. The van der Waals surface area contributed by atoms with Crippen molar-refractivity contribution in [2.24, 2.45) is 10.2 Å². The maximum absolute atomic E-state index is 12.9. The largest absolute Gasteiger partial charge is 0.573 e. The Morgan fingerprint density at radius 1 is 1.02 bits per heavy atom. The summed E-state index contributed by atoms with van der Waals surface area (Å²) >= 11 is 1.51. The quantitative estimate of drug-likeness (QED) is 0.146. The number of hydrogen-bond donors (Lipinski definition) is 0. The predicted molar refractivity (Wildman–Crippen MR) is 165 cm³/mol. The summed E-state index contributed by atoms with van der Waals surface area (Å²) in [6, 6.07) is 23.2. The van der Waals surface area contributed by atoms with Gasteiger partial charge in [0, 0.05) is 23.2 Å². The predicted octanol–water partition coefficient (Wildman–Crippen LogP) is 8.06. The van der Waals surface area contributed by atoms with Crippen molar-refractivity contribution < 1.29 is 22.7 Å². The molecule has 4 aromatic carbocycles. The molecule has 43 heavy (non-hydrogen) atoms. The number of ether oxygens (including phenoxy) is 1. The van der Waals surface area contributed by atoms with Crippen LogP contribution in [0.4, 0.5) is 18.9 Å². The van der Waals surface area contributed by atoms with Crippen LogP contribution in [0, 0.1) is 0 Å². The van der Waals surface area contributed by atoms with Gasteiger partial charge in [-0.3, -0.25) is 14.3 Å². The van der Waals surface area contributed by atoms with Crippen LogP contribution in [0.1, 0.15) is 37.3 Å². The molecule has 0 radical (unpaired) electrons. The number of carbonyl (C=O) groups is 1. The van der Waals surface area contributed by atoms with Crippen LogP contribution < -0.4 is 9.64 Å². The van der Waals surface area contributed by atoms with E-state index >= 15 is 0 Å². The standard InChI is InChI=1S/C32H26F3N5O2S/c1-20(2)25-5-3-4-6-27(25)40-29(41)15-16-43-31(40)38-37-18-21-7-13-26-22(17-21)8-14-28-30(26)36-19-39(28)23-9-11-24(12-10-23)42-32(33,34)35/h3-14,17-20H,15-16H2,1-2H3/b37-18+,38-31-. The van der Waals surface area contributed by atoms with Gasteiger partial charge in [-0.2, -0.15) is 5.10 Å². The summed E-state index contributed by atoms with van der Waals surface area (Å²) in [5, 5.41) is 11.2. The first kappa shape index (κ1) is 28.5. The highest BCUT2D eigenvalue weighted by atomic mass is 32.2. The number of carbonyl (C=O) groups excluding carboxylic acids is 1. The Kier molecular flexibility index (Phi) is 7.66. The van der Waals surface area contributed by atoms with Crippen LogP contribution in [0.5, 0.6) is 5.75 Å². The molecule has 1 amide bonds. The van der Waals surface area contributed by atoms with Crippen molar-refractivity contribution in [3.63, 3.8) is 0 Å². The van der Waals surface area contributed by atoms with Gasteiger partial charge in [0.1, 0.15) is 12.1 Å². The van der Waals surface area contributed by atoms with Crippen molar-refractivity contribution in [3.05, 3.63) is 96.3 Å². The molecule has 0 atom stereocenters. The number of aromatic nitrogens is 2. The lowest BCUT2D eigenvalue weighted by Crippen LogP contribution is -2.39. The number of alkyl halides is 3. The number of fused-ring (bicyclic) bond motifs is 3. The fourth-order valence-corrected chi connectivity index (χ4v) is 5.96. The molecule has 0 spiro atoms. The summed E-state index contributed by atoms with van der Waals surface area (Å²) in [5.74, 6) is 0.611. The lowest BCUT2D eigenvalue weighted by Gasteiger charge is -2.29. The number of amides is 1. The minimum absolute atomic E-state index is 0.000503. The molecule has 218 valence electrons. The van der Waals surface area contributed by atoms with E-state index < -0.39 is 6.36 Å². The summed E-state index contributed by atoms with van der Waals surface area (Å²) in [7, 11) is 0. The topological polar surface area (TPSA) is 72.1 Å². The molecule has 0 saturated carbocycles. The minimum atomic E-state index is -4.74. The molecule has 1 aliphatic rings. The van der Waals surface area contributed by atoms with Gasteiger partial charge in [-0.15, -0.1) is 18.3 Å². The normalized spacial score (nSPS) is 15.4. The fourth-order valence-electron chi connectivity index (χ4n) is 5.07. The van der Waals surface area contributed by atoms with Crippen LogP contribution in [0.2, 0.25) is 0 Å². The second-order valence-electron chi connectivity index (χ2n) is 10.2. The van der Waals surface area contributed by atoms with Crippen LogP contribution in [-0.4, -0.2) is 39.0 Å². The van der Waals surface area contributed by atoms with Crippen LogP contribution >= 0.6 is 11.8 Å². The van der Waals surface area contributed by atoms with E-state index in [1.54, 1.807) is 29.6 Å². The number of halogens is 3. The molecule has 6 rings (SSSR count). The number of imidazole rings is 1. The number of anilines is 1. The van der Waals surface area contributed by atoms with E-state index in [0.29, 0.717) is 23.0 Å². The highest BCUT2D eigenvalue weighted by Gasteiger charge is 2.31. The summed E-state index contributed by atoms with van der Waals surface area (Å²) in [5.41, 5.74) is 4.97. The smallest absolute Gasteiger partial charge is 0.406 e. The van der Waals surface area contributed by atoms with E-state index in [9.17, 15) is 18.0 Å². The third kappa shape index (κ3) is 5.98. The summed E-state index contributed by atoms with van der Waals surface area (Å²) in [6.45, 7) is 4.20. The molecule has 0 unspecified atom stereocenters. The molecular formula is C32H26F3N5O2S. The highest BCUT2D eigenvalue weighted by Crippen LogP contribution is 2.33. The van der Waals surface area contributed by atoms with Crippen molar-refractivity contribution in [1.82, 2.24) is 9.55 Å². The third-order valence-corrected chi connectivity index (χ3v) is 7.97. The number of rotatable bonds is 6. The number of nitrogens with zero attached hydrogens (tertiary/aromatic N) is 5. The van der Waals surface area contributed by atoms with E-state index in [0.717, 1.165) is 38.6 Å². The zero-order valence-corrected chi connectivity index (χ0v) is 24.1. The second kappa shape index (κ2) is 11.6. The summed E-state index contributed by atoms with van der Waals surface area (Å²) in [6.07, 6.45) is -1.01. The first-order valence-electron chi connectivity index (χ1n) is 13.6. The van der Waals surface area contributed by atoms with Crippen LogP contribution in [0.15, 0.2) is 95.4 Å². The summed E-state index contributed by atoms with van der Waals surface area (Å²) in [4.78, 5) is 19.2. The van der Waals surface area contributed by atoms with Gasteiger partial charge in [0.15, 0.2) is 5.17 Å². The van der Waals surface area contributed by atoms with E-state index in [2.05, 4.69) is 33.8 Å². The van der Waals surface area contributed by atoms with E-state index in [4.69, 9.17) is 0 Å². The molecule has 5 aromatic rings. The van der Waals surface area contributed by atoms with Crippen LogP contribution in [-0.2, 0) is 4.79 Å². The first-order valence-corrected chi connectivity index (χ1v) is 14.6. The lowest BCUT2D eigenvalue weighted by molar-refractivity contribution is -0.274. The SMILES string of the molecule is CC(C)c1ccccc1N1C(=O)CCS/C1=N\N=C\c1ccc2c(ccc3c2ncn3-c2ccc(OC(F)(F)F)cc2)c1. The molecule has 0 aliphatic carbocycles. The minimum Gasteiger partial charge on any atom is -0.406 e. The molecule has 7 nitrogen and oxygen atoms in total. The molecule has 1 aliphatic heterocycles. The Bertz CT molecular complexity index is 1880. The van der Waals surface area contributed by atoms with Gasteiger partial charge >= 0.3 is 6.36 Å². The molecule has 1 saturated heterocycles. The van der Waals surface area contributed by atoms with Gasteiger partial charge in [-0.25, -0.2) is 4.98 Å². The monoisotopic (exact) mass is 601 g/mol. The Hall–Kier alpha value is -4.64.